The number of hydrogen-bond acceptors (Lipinski definition) is 5. The molecule has 0 bridgehead atoms. The van der Waals surface area contributed by atoms with Crippen LogP contribution in [0.2, 0.25) is 5.02 Å². The molecule has 0 aliphatic heterocycles. The van der Waals surface area contributed by atoms with Gasteiger partial charge in [-0.15, -0.1) is 11.3 Å². The number of ether oxygens (including phenoxy) is 2. The SMILES string of the molecule is COc1cc(C(=O)Nc2ccccc2-c2nc3ccccc3s2)cc(Cl)c1OCC(C)C. The average Bonchev–Trinajstić information content (AvgIpc) is 3.22. The predicted octanol–water partition coefficient (Wildman–Crippen LogP) is 6.91. The van der Waals surface area contributed by atoms with Crippen LogP contribution in [0.1, 0.15) is 24.2 Å². The van der Waals surface area contributed by atoms with E-state index in [0.29, 0.717) is 40.3 Å². The fourth-order valence-electron chi connectivity index (χ4n) is 3.20. The van der Waals surface area contributed by atoms with Gasteiger partial charge in [-0.1, -0.05) is 49.7 Å². The number of thiazole rings is 1. The van der Waals surface area contributed by atoms with Crippen LogP contribution in [0.15, 0.2) is 60.7 Å². The number of carbonyl (C=O) groups is 1. The lowest BCUT2D eigenvalue weighted by molar-refractivity contribution is 0.102. The lowest BCUT2D eigenvalue weighted by atomic mass is 10.1. The van der Waals surface area contributed by atoms with Gasteiger partial charge in [0.05, 0.1) is 34.6 Å². The Hall–Kier alpha value is -3.09. The Morgan fingerprint density at radius 2 is 1.88 bits per heavy atom. The van der Waals surface area contributed by atoms with Crippen molar-refractivity contribution in [2.45, 2.75) is 13.8 Å². The molecule has 4 rings (SSSR count). The largest absolute Gasteiger partial charge is 0.493 e. The van der Waals surface area contributed by atoms with Crippen LogP contribution in [0.5, 0.6) is 11.5 Å². The Balaban J connectivity index is 1.63. The number of rotatable bonds is 7. The lowest BCUT2D eigenvalue weighted by Crippen LogP contribution is -2.13. The molecule has 0 saturated heterocycles. The maximum absolute atomic E-state index is 13.1. The summed E-state index contributed by atoms with van der Waals surface area (Å²) in [7, 11) is 1.53. The average molecular weight is 467 g/mol. The van der Waals surface area contributed by atoms with Gasteiger partial charge in [-0.05, 0) is 42.3 Å². The van der Waals surface area contributed by atoms with Crippen molar-refractivity contribution in [2.24, 2.45) is 5.92 Å². The van der Waals surface area contributed by atoms with Crippen LogP contribution in [0.4, 0.5) is 5.69 Å². The van der Waals surface area contributed by atoms with E-state index in [2.05, 4.69) is 5.32 Å². The van der Waals surface area contributed by atoms with E-state index in [1.807, 2.05) is 62.4 Å². The van der Waals surface area contributed by atoms with Gasteiger partial charge in [0.1, 0.15) is 5.01 Å². The highest BCUT2D eigenvalue weighted by atomic mass is 35.5. The van der Waals surface area contributed by atoms with E-state index < -0.39 is 0 Å². The number of nitrogens with one attached hydrogen (secondary N) is 1. The van der Waals surface area contributed by atoms with Gasteiger partial charge in [0.15, 0.2) is 11.5 Å². The molecule has 0 fully saturated rings. The zero-order chi connectivity index (χ0) is 22.7. The third kappa shape index (κ3) is 4.71. The first-order valence-corrected chi connectivity index (χ1v) is 11.4. The van der Waals surface area contributed by atoms with Crippen molar-refractivity contribution in [1.82, 2.24) is 4.98 Å². The maximum Gasteiger partial charge on any atom is 0.255 e. The summed E-state index contributed by atoms with van der Waals surface area (Å²) < 4.78 is 12.3. The van der Waals surface area contributed by atoms with E-state index in [9.17, 15) is 4.79 Å². The van der Waals surface area contributed by atoms with E-state index in [0.717, 1.165) is 20.8 Å². The number of benzene rings is 3. The zero-order valence-electron chi connectivity index (χ0n) is 18.0. The van der Waals surface area contributed by atoms with Crippen LogP contribution in [-0.2, 0) is 0 Å². The van der Waals surface area contributed by atoms with Crippen LogP contribution in [0.3, 0.4) is 0 Å². The summed E-state index contributed by atoms with van der Waals surface area (Å²) in [4.78, 5) is 17.8. The van der Waals surface area contributed by atoms with Crippen molar-refractivity contribution in [2.75, 3.05) is 19.0 Å². The number of hydrogen-bond donors (Lipinski definition) is 1. The third-order valence-corrected chi connectivity index (χ3v) is 6.10. The number of para-hydroxylation sites is 2. The van der Waals surface area contributed by atoms with Gasteiger partial charge < -0.3 is 14.8 Å². The van der Waals surface area contributed by atoms with Crippen LogP contribution in [-0.4, -0.2) is 24.6 Å². The first-order valence-electron chi connectivity index (χ1n) is 10.2. The Bertz CT molecular complexity index is 1240. The number of halogens is 1. The van der Waals surface area contributed by atoms with Crippen LogP contribution < -0.4 is 14.8 Å². The Morgan fingerprint density at radius 1 is 1.12 bits per heavy atom. The maximum atomic E-state index is 13.1. The van der Waals surface area contributed by atoms with Crippen molar-refractivity contribution >= 4 is 44.7 Å². The molecule has 4 aromatic rings. The second kappa shape index (κ2) is 9.59. The second-order valence-corrected chi connectivity index (χ2v) is 9.12. The summed E-state index contributed by atoms with van der Waals surface area (Å²) in [5.74, 6) is 0.893. The Labute approximate surface area is 196 Å². The summed E-state index contributed by atoms with van der Waals surface area (Å²) in [5.41, 5.74) is 2.84. The Kier molecular flexibility index (Phi) is 6.63. The monoisotopic (exact) mass is 466 g/mol. The van der Waals surface area contributed by atoms with E-state index >= 15 is 0 Å². The van der Waals surface area contributed by atoms with Crippen molar-refractivity contribution in [3.63, 3.8) is 0 Å². The molecule has 1 N–H and O–H groups in total. The Morgan fingerprint density at radius 3 is 2.62 bits per heavy atom. The zero-order valence-corrected chi connectivity index (χ0v) is 19.6. The van der Waals surface area contributed by atoms with Gasteiger partial charge in [0.25, 0.3) is 5.91 Å². The number of methoxy groups -OCH3 is 1. The van der Waals surface area contributed by atoms with E-state index in [-0.39, 0.29) is 5.91 Å². The number of nitrogens with zero attached hydrogens (tertiary/aromatic N) is 1. The molecule has 0 aliphatic carbocycles. The van der Waals surface area contributed by atoms with Gasteiger partial charge in [-0.2, -0.15) is 0 Å². The molecule has 32 heavy (non-hydrogen) atoms. The highest BCUT2D eigenvalue weighted by Crippen LogP contribution is 2.38. The van der Waals surface area contributed by atoms with Gasteiger partial charge in [-0.3, -0.25) is 4.79 Å². The third-order valence-electron chi connectivity index (χ3n) is 4.75. The highest BCUT2D eigenvalue weighted by Gasteiger charge is 2.18. The lowest BCUT2D eigenvalue weighted by Gasteiger charge is -2.16. The molecule has 0 atom stereocenters. The van der Waals surface area contributed by atoms with Gasteiger partial charge in [0.2, 0.25) is 0 Å². The minimum Gasteiger partial charge on any atom is -0.493 e. The quantitative estimate of drug-likeness (QED) is 0.321. The molecule has 1 aromatic heterocycles. The summed E-state index contributed by atoms with van der Waals surface area (Å²) >= 11 is 8.01. The molecule has 3 aromatic carbocycles. The van der Waals surface area contributed by atoms with E-state index in [4.69, 9.17) is 26.1 Å². The molecular weight excluding hydrogens is 444 g/mol. The standard InChI is InChI=1S/C25H23ClN2O3S/c1-15(2)14-31-23-18(26)12-16(13-21(23)30-3)24(29)27-19-9-5-4-8-17(19)25-28-20-10-6-7-11-22(20)32-25/h4-13,15H,14H2,1-3H3,(H,27,29). The second-order valence-electron chi connectivity index (χ2n) is 7.68. The molecule has 0 radical (unpaired) electrons. The van der Waals surface area contributed by atoms with Crippen molar-refractivity contribution in [3.8, 4) is 22.1 Å². The van der Waals surface area contributed by atoms with Crippen LogP contribution in [0, 0.1) is 5.92 Å². The fourth-order valence-corrected chi connectivity index (χ4v) is 4.47. The summed E-state index contributed by atoms with van der Waals surface area (Å²) in [5, 5.41) is 4.16. The number of amides is 1. The molecule has 5 nitrogen and oxygen atoms in total. The summed E-state index contributed by atoms with van der Waals surface area (Å²) in [6.07, 6.45) is 0. The molecule has 1 heterocycles. The van der Waals surface area contributed by atoms with Gasteiger partial charge in [0, 0.05) is 11.1 Å². The topological polar surface area (TPSA) is 60.5 Å². The predicted molar refractivity (Wildman–Crippen MR) is 131 cm³/mol. The molecule has 7 heteroatoms. The number of carbonyl (C=O) groups excluding carboxylic acids is 1. The highest BCUT2D eigenvalue weighted by molar-refractivity contribution is 7.21. The molecule has 0 aliphatic rings. The van der Waals surface area contributed by atoms with Crippen molar-refractivity contribution in [1.29, 1.82) is 0 Å². The molecule has 1 amide bonds. The molecule has 164 valence electrons. The number of fused-ring (bicyclic) bond motifs is 1. The first-order chi connectivity index (χ1) is 15.5. The normalized spacial score (nSPS) is 11.0. The number of aromatic nitrogens is 1. The van der Waals surface area contributed by atoms with Crippen molar-refractivity contribution in [3.05, 3.63) is 71.2 Å². The first kappa shape index (κ1) is 22.1. The minimum absolute atomic E-state index is 0.297. The van der Waals surface area contributed by atoms with E-state index in [1.165, 1.54) is 7.11 Å². The minimum atomic E-state index is -0.297. The molecular formula is C25H23ClN2O3S. The summed E-state index contributed by atoms with van der Waals surface area (Å²) in [6.45, 7) is 4.59. The summed E-state index contributed by atoms with van der Waals surface area (Å²) in [6, 6.07) is 18.8. The fraction of sp³-hybridized carbons (Fsp3) is 0.200. The molecule has 0 spiro atoms. The van der Waals surface area contributed by atoms with Crippen molar-refractivity contribution < 1.29 is 14.3 Å². The van der Waals surface area contributed by atoms with Gasteiger partial charge >= 0.3 is 0 Å². The van der Waals surface area contributed by atoms with E-state index in [1.54, 1.807) is 23.5 Å². The molecule has 0 saturated carbocycles. The molecule has 0 unspecified atom stereocenters. The smallest absolute Gasteiger partial charge is 0.255 e. The van der Waals surface area contributed by atoms with Crippen LogP contribution in [0.25, 0.3) is 20.8 Å². The van der Waals surface area contributed by atoms with Gasteiger partial charge in [-0.25, -0.2) is 4.98 Å². The number of anilines is 1. The van der Waals surface area contributed by atoms with Crippen LogP contribution >= 0.6 is 22.9 Å².